The van der Waals surface area contributed by atoms with E-state index in [9.17, 15) is 4.79 Å². The van der Waals surface area contributed by atoms with E-state index in [1.807, 2.05) is 0 Å². The molecule has 0 bridgehead atoms. The third-order valence-corrected chi connectivity index (χ3v) is 3.73. The molecule has 2 aliphatic rings. The minimum atomic E-state index is 0.183. The van der Waals surface area contributed by atoms with Crippen molar-refractivity contribution in [3.05, 3.63) is 0 Å². The molecule has 1 heterocycles. The predicted octanol–water partition coefficient (Wildman–Crippen LogP) is -0.0643. The summed E-state index contributed by atoms with van der Waals surface area (Å²) in [5.41, 5.74) is 5.67. The highest BCUT2D eigenvalue weighted by molar-refractivity contribution is 5.78. The summed E-state index contributed by atoms with van der Waals surface area (Å²) in [7, 11) is 0. The van der Waals surface area contributed by atoms with Crippen molar-refractivity contribution < 1.29 is 4.79 Å². The van der Waals surface area contributed by atoms with Gasteiger partial charge in [0, 0.05) is 19.1 Å². The number of rotatable bonds is 2. The first-order valence-electron chi connectivity index (χ1n) is 6.00. The maximum atomic E-state index is 11.3. The van der Waals surface area contributed by atoms with E-state index in [-0.39, 0.29) is 5.91 Å². The van der Waals surface area contributed by atoms with Crippen LogP contribution in [0.1, 0.15) is 25.7 Å². The lowest BCUT2D eigenvalue weighted by Crippen LogP contribution is -2.52. The van der Waals surface area contributed by atoms with Gasteiger partial charge in [-0.05, 0) is 38.1 Å². The van der Waals surface area contributed by atoms with Gasteiger partial charge in [0.2, 0.25) is 5.91 Å². The number of nitrogens with zero attached hydrogens (tertiary/aromatic N) is 1. The van der Waals surface area contributed by atoms with Crippen LogP contribution in [-0.2, 0) is 4.79 Å². The molecule has 2 fully saturated rings. The quantitative estimate of drug-likeness (QED) is 0.672. The third kappa shape index (κ3) is 2.69. The Balaban J connectivity index is 1.81. The van der Waals surface area contributed by atoms with Crippen LogP contribution in [0.15, 0.2) is 0 Å². The van der Waals surface area contributed by atoms with E-state index in [0.29, 0.717) is 12.6 Å². The molecule has 1 amide bonds. The van der Waals surface area contributed by atoms with Crippen molar-refractivity contribution in [1.29, 1.82) is 0 Å². The summed E-state index contributed by atoms with van der Waals surface area (Å²) in [6, 6.07) is 0.624. The summed E-state index contributed by atoms with van der Waals surface area (Å²) < 4.78 is 0. The van der Waals surface area contributed by atoms with Gasteiger partial charge in [0.05, 0.1) is 6.54 Å². The molecule has 4 nitrogen and oxygen atoms in total. The predicted molar refractivity (Wildman–Crippen MR) is 59.4 cm³/mol. The summed E-state index contributed by atoms with van der Waals surface area (Å²) in [6.07, 6.45) is 4.91. The number of piperazine rings is 1. The minimum absolute atomic E-state index is 0.183. The molecule has 0 aromatic rings. The van der Waals surface area contributed by atoms with Gasteiger partial charge in [0.15, 0.2) is 0 Å². The SMILES string of the molecule is NCC1CCC(N2CCNC(=O)C2)CC1. The number of amides is 1. The molecule has 15 heavy (non-hydrogen) atoms. The van der Waals surface area contributed by atoms with Crippen LogP contribution < -0.4 is 11.1 Å². The zero-order valence-corrected chi connectivity index (χ0v) is 9.24. The molecule has 0 atom stereocenters. The number of hydrogen-bond donors (Lipinski definition) is 2. The van der Waals surface area contributed by atoms with E-state index in [1.54, 1.807) is 0 Å². The van der Waals surface area contributed by atoms with Gasteiger partial charge in [-0.1, -0.05) is 0 Å². The van der Waals surface area contributed by atoms with Gasteiger partial charge in [-0.25, -0.2) is 0 Å². The van der Waals surface area contributed by atoms with Gasteiger partial charge in [0.1, 0.15) is 0 Å². The molecule has 0 aromatic heterocycles. The molecule has 0 spiro atoms. The van der Waals surface area contributed by atoms with E-state index >= 15 is 0 Å². The van der Waals surface area contributed by atoms with E-state index in [0.717, 1.165) is 25.6 Å². The second-order valence-corrected chi connectivity index (χ2v) is 4.73. The molecular weight excluding hydrogens is 190 g/mol. The number of nitrogens with one attached hydrogen (secondary N) is 1. The third-order valence-electron chi connectivity index (χ3n) is 3.73. The number of carbonyl (C=O) groups excluding carboxylic acids is 1. The van der Waals surface area contributed by atoms with Gasteiger partial charge in [0.25, 0.3) is 0 Å². The van der Waals surface area contributed by atoms with Crippen LogP contribution >= 0.6 is 0 Å². The smallest absolute Gasteiger partial charge is 0.234 e. The maximum Gasteiger partial charge on any atom is 0.234 e. The van der Waals surface area contributed by atoms with Crippen LogP contribution in [0.3, 0.4) is 0 Å². The zero-order chi connectivity index (χ0) is 10.7. The van der Waals surface area contributed by atoms with Crippen molar-refractivity contribution in [3.8, 4) is 0 Å². The molecule has 1 aliphatic carbocycles. The molecule has 0 aromatic carbocycles. The number of hydrogen-bond acceptors (Lipinski definition) is 3. The van der Waals surface area contributed by atoms with Crippen molar-refractivity contribution in [1.82, 2.24) is 10.2 Å². The van der Waals surface area contributed by atoms with Gasteiger partial charge in [-0.2, -0.15) is 0 Å². The van der Waals surface area contributed by atoms with Crippen molar-refractivity contribution in [2.45, 2.75) is 31.7 Å². The lowest BCUT2D eigenvalue weighted by molar-refractivity contribution is -0.125. The van der Waals surface area contributed by atoms with Crippen LogP contribution in [0.4, 0.5) is 0 Å². The summed E-state index contributed by atoms with van der Waals surface area (Å²) in [5, 5.41) is 2.87. The van der Waals surface area contributed by atoms with E-state index in [2.05, 4.69) is 10.2 Å². The Morgan fingerprint density at radius 1 is 1.33 bits per heavy atom. The fourth-order valence-electron chi connectivity index (χ4n) is 2.72. The Kier molecular flexibility index (Phi) is 3.59. The van der Waals surface area contributed by atoms with Crippen LogP contribution in [0.2, 0.25) is 0 Å². The van der Waals surface area contributed by atoms with E-state index in [4.69, 9.17) is 5.73 Å². The molecule has 3 N–H and O–H groups in total. The standard InChI is InChI=1S/C11H21N3O/c12-7-9-1-3-10(4-2-9)14-6-5-13-11(15)8-14/h9-10H,1-8,12H2,(H,13,15). The topological polar surface area (TPSA) is 58.4 Å². The summed E-state index contributed by atoms with van der Waals surface area (Å²) >= 11 is 0. The van der Waals surface area contributed by atoms with Crippen molar-refractivity contribution in [3.63, 3.8) is 0 Å². The van der Waals surface area contributed by atoms with Gasteiger partial charge < -0.3 is 11.1 Å². The highest BCUT2D eigenvalue weighted by Crippen LogP contribution is 2.26. The first-order valence-corrected chi connectivity index (χ1v) is 6.00. The second-order valence-electron chi connectivity index (χ2n) is 4.73. The maximum absolute atomic E-state index is 11.3. The van der Waals surface area contributed by atoms with Crippen LogP contribution in [0.25, 0.3) is 0 Å². The Hall–Kier alpha value is -0.610. The van der Waals surface area contributed by atoms with Gasteiger partial charge in [-0.15, -0.1) is 0 Å². The fraction of sp³-hybridized carbons (Fsp3) is 0.909. The van der Waals surface area contributed by atoms with Gasteiger partial charge in [-0.3, -0.25) is 9.69 Å². The van der Waals surface area contributed by atoms with E-state index in [1.165, 1.54) is 25.7 Å². The molecule has 1 saturated carbocycles. The summed E-state index contributed by atoms with van der Waals surface area (Å²) in [4.78, 5) is 13.6. The Morgan fingerprint density at radius 3 is 2.67 bits per heavy atom. The second kappa shape index (κ2) is 4.94. The average Bonchev–Trinajstić information content (AvgIpc) is 2.29. The Bertz CT molecular complexity index is 224. The first kappa shape index (κ1) is 10.9. The molecule has 0 radical (unpaired) electrons. The summed E-state index contributed by atoms with van der Waals surface area (Å²) in [6.45, 7) is 3.25. The highest BCUT2D eigenvalue weighted by atomic mass is 16.2. The first-order chi connectivity index (χ1) is 7.29. The lowest BCUT2D eigenvalue weighted by atomic mass is 9.85. The molecule has 1 aliphatic heterocycles. The molecular formula is C11H21N3O. The monoisotopic (exact) mass is 211 g/mol. The molecule has 1 saturated heterocycles. The lowest BCUT2D eigenvalue weighted by Gasteiger charge is -2.38. The fourth-order valence-corrected chi connectivity index (χ4v) is 2.72. The molecule has 86 valence electrons. The van der Waals surface area contributed by atoms with Crippen molar-refractivity contribution >= 4 is 5.91 Å². The number of carbonyl (C=O) groups is 1. The highest BCUT2D eigenvalue weighted by Gasteiger charge is 2.27. The van der Waals surface area contributed by atoms with Crippen LogP contribution in [-0.4, -0.2) is 43.0 Å². The van der Waals surface area contributed by atoms with E-state index < -0.39 is 0 Å². The van der Waals surface area contributed by atoms with Crippen molar-refractivity contribution in [2.75, 3.05) is 26.2 Å². The average molecular weight is 211 g/mol. The summed E-state index contributed by atoms with van der Waals surface area (Å²) in [5.74, 6) is 0.905. The van der Waals surface area contributed by atoms with Crippen LogP contribution in [0.5, 0.6) is 0 Å². The minimum Gasteiger partial charge on any atom is -0.354 e. The number of nitrogens with two attached hydrogens (primary N) is 1. The van der Waals surface area contributed by atoms with Crippen molar-refractivity contribution in [2.24, 2.45) is 11.7 Å². The largest absolute Gasteiger partial charge is 0.354 e. The van der Waals surface area contributed by atoms with Gasteiger partial charge >= 0.3 is 0 Å². The molecule has 2 rings (SSSR count). The Morgan fingerprint density at radius 2 is 2.07 bits per heavy atom. The Labute approximate surface area is 91.2 Å². The zero-order valence-electron chi connectivity index (χ0n) is 9.24. The van der Waals surface area contributed by atoms with Crippen LogP contribution in [0, 0.1) is 5.92 Å². The molecule has 0 unspecified atom stereocenters. The normalized spacial score (nSPS) is 33.8. The molecule has 4 heteroatoms.